The van der Waals surface area contributed by atoms with Gasteiger partial charge in [-0.1, -0.05) is 23.9 Å². The molecule has 0 saturated carbocycles. The SMILES string of the molecule is CC(Sc1n[nH]c(N)n1)C(=O)c1ccc2c(c1)CCC2. The van der Waals surface area contributed by atoms with Crippen LogP contribution in [0.4, 0.5) is 5.95 Å². The summed E-state index contributed by atoms with van der Waals surface area (Å²) in [7, 11) is 0. The Bertz CT molecular complexity index is 652. The van der Waals surface area contributed by atoms with Crippen molar-refractivity contribution in [2.45, 2.75) is 36.6 Å². The van der Waals surface area contributed by atoms with Crippen LogP contribution in [0.3, 0.4) is 0 Å². The van der Waals surface area contributed by atoms with Crippen molar-refractivity contribution in [3.8, 4) is 0 Å². The second-order valence-corrected chi connectivity index (χ2v) is 6.27. The monoisotopic (exact) mass is 288 g/mol. The standard InChI is InChI=1S/C14H16N4OS/c1-8(20-14-16-13(15)17-18-14)12(19)11-6-5-9-3-2-4-10(9)7-11/h5-8H,2-4H2,1H3,(H3,15,16,17,18). The van der Waals surface area contributed by atoms with E-state index in [2.05, 4.69) is 21.2 Å². The minimum Gasteiger partial charge on any atom is -0.368 e. The van der Waals surface area contributed by atoms with Crippen LogP contribution in [0.5, 0.6) is 0 Å². The Labute approximate surface area is 121 Å². The first kappa shape index (κ1) is 13.2. The van der Waals surface area contributed by atoms with Gasteiger partial charge in [0.05, 0.1) is 5.25 Å². The van der Waals surface area contributed by atoms with Gasteiger partial charge in [-0.25, -0.2) is 5.10 Å². The van der Waals surface area contributed by atoms with Crippen LogP contribution in [0.1, 0.15) is 34.8 Å². The Morgan fingerprint density at radius 3 is 2.95 bits per heavy atom. The number of nitrogens with one attached hydrogen (secondary N) is 1. The summed E-state index contributed by atoms with van der Waals surface area (Å²) in [4.78, 5) is 16.4. The summed E-state index contributed by atoms with van der Waals surface area (Å²) in [5.74, 6) is 0.373. The first-order valence-corrected chi connectivity index (χ1v) is 7.52. The Morgan fingerprint density at radius 1 is 1.40 bits per heavy atom. The molecule has 1 heterocycles. The van der Waals surface area contributed by atoms with Gasteiger partial charge in [0.1, 0.15) is 0 Å². The summed E-state index contributed by atoms with van der Waals surface area (Å²) < 4.78 is 0. The van der Waals surface area contributed by atoms with Gasteiger partial charge >= 0.3 is 0 Å². The Kier molecular flexibility index (Phi) is 3.48. The molecule has 0 aliphatic heterocycles. The van der Waals surface area contributed by atoms with E-state index in [-0.39, 0.29) is 17.0 Å². The van der Waals surface area contributed by atoms with Crippen LogP contribution in [0.25, 0.3) is 0 Å². The summed E-state index contributed by atoms with van der Waals surface area (Å²) in [6.45, 7) is 1.87. The third kappa shape index (κ3) is 2.56. The molecule has 20 heavy (non-hydrogen) atoms. The number of fused-ring (bicyclic) bond motifs is 1. The highest BCUT2D eigenvalue weighted by atomic mass is 32.2. The topological polar surface area (TPSA) is 84.7 Å². The number of rotatable bonds is 4. The highest BCUT2D eigenvalue weighted by molar-refractivity contribution is 8.00. The van der Waals surface area contributed by atoms with Gasteiger partial charge in [-0.05, 0) is 43.4 Å². The molecule has 0 amide bonds. The van der Waals surface area contributed by atoms with Crippen molar-refractivity contribution >= 4 is 23.5 Å². The van der Waals surface area contributed by atoms with Crippen molar-refractivity contribution in [3.05, 3.63) is 34.9 Å². The van der Waals surface area contributed by atoms with Crippen LogP contribution in [-0.4, -0.2) is 26.2 Å². The highest BCUT2D eigenvalue weighted by Crippen LogP contribution is 2.26. The molecule has 1 aliphatic carbocycles. The van der Waals surface area contributed by atoms with Crippen LogP contribution in [0.15, 0.2) is 23.4 Å². The van der Waals surface area contributed by atoms with Gasteiger partial charge in [0.25, 0.3) is 0 Å². The van der Waals surface area contributed by atoms with E-state index in [1.165, 1.54) is 29.3 Å². The number of hydrogen-bond donors (Lipinski definition) is 2. The number of hydrogen-bond acceptors (Lipinski definition) is 5. The Balaban J connectivity index is 1.74. The molecule has 104 valence electrons. The number of benzene rings is 1. The molecule has 5 nitrogen and oxygen atoms in total. The Hall–Kier alpha value is -1.82. The third-order valence-corrected chi connectivity index (χ3v) is 4.48. The average Bonchev–Trinajstić information content (AvgIpc) is 3.05. The quantitative estimate of drug-likeness (QED) is 0.665. The van der Waals surface area contributed by atoms with E-state index in [1.807, 2.05) is 19.1 Å². The van der Waals surface area contributed by atoms with Crippen LogP contribution in [0, 0.1) is 0 Å². The molecule has 1 unspecified atom stereocenters. The van der Waals surface area contributed by atoms with Gasteiger partial charge in [-0.2, -0.15) is 4.98 Å². The summed E-state index contributed by atoms with van der Waals surface area (Å²) in [5, 5.41) is 6.78. The van der Waals surface area contributed by atoms with Gasteiger partial charge in [0.2, 0.25) is 11.1 Å². The van der Waals surface area contributed by atoms with Crippen molar-refractivity contribution < 1.29 is 4.79 Å². The predicted octanol–water partition coefficient (Wildman–Crippen LogP) is 2.24. The maximum absolute atomic E-state index is 12.4. The predicted molar refractivity (Wildman–Crippen MR) is 78.9 cm³/mol. The van der Waals surface area contributed by atoms with Crippen LogP contribution >= 0.6 is 11.8 Å². The smallest absolute Gasteiger partial charge is 0.216 e. The molecule has 1 aromatic carbocycles. The molecular formula is C14H16N4OS. The number of thioether (sulfide) groups is 1. The summed E-state index contributed by atoms with van der Waals surface area (Å²) in [6.07, 6.45) is 3.40. The van der Waals surface area contributed by atoms with Gasteiger partial charge in [-0.15, -0.1) is 5.10 Å². The lowest BCUT2D eigenvalue weighted by atomic mass is 10.0. The van der Waals surface area contributed by atoms with Crippen molar-refractivity contribution in [2.24, 2.45) is 0 Å². The first-order valence-electron chi connectivity index (χ1n) is 6.64. The van der Waals surface area contributed by atoms with Crippen molar-refractivity contribution in [3.63, 3.8) is 0 Å². The number of nitrogens with two attached hydrogens (primary N) is 1. The van der Waals surface area contributed by atoms with Crippen molar-refractivity contribution in [1.29, 1.82) is 0 Å². The van der Waals surface area contributed by atoms with E-state index >= 15 is 0 Å². The number of Topliss-reactive ketones (excluding diaryl/α,β-unsaturated/α-hetero) is 1. The molecule has 0 spiro atoms. The molecule has 6 heteroatoms. The molecule has 3 N–H and O–H groups in total. The number of anilines is 1. The van der Waals surface area contributed by atoms with E-state index in [0.717, 1.165) is 18.4 Å². The number of aromatic nitrogens is 3. The largest absolute Gasteiger partial charge is 0.368 e. The molecule has 2 aromatic rings. The van der Waals surface area contributed by atoms with Gasteiger partial charge < -0.3 is 5.73 Å². The molecule has 1 aromatic heterocycles. The fourth-order valence-corrected chi connectivity index (χ4v) is 3.29. The number of carbonyl (C=O) groups is 1. The Morgan fingerprint density at radius 2 is 2.20 bits per heavy atom. The van der Waals surface area contributed by atoms with Gasteiger partial charge in [0.15, 0.2) is 5.78 Å². The summed E-state index contributed by atoms with van der Waals surface area (Å²) >= 11 is 1.32. The fourth-order valence-electron chi connectivity index (χ4n) is 2.48. The minimum atomic E-state index is -0.232. The number of nitrogens with zero attached hydrogens (tertiary/aromatic N) is 2. The molecular weight excluding hydrogens is 272 g/mol. The number of nitrogen functional groups attached to an aromatic ring is 1. The summed E-state index contributed by atoms with van der Waals surface area (Å²) in [6, 6.07) is 6.04. The van der Waals surface area contributed by atoms with Crippen molar-refractivity contribution in [1.82, 2.24) is 15.2 Å². The van der Waals surface area contributed by atoms with Crippen molar-refractivity contribution in [2.75, 3.05) is 5.73 Å². The normalized spacial score (nSPS) is 15.1. The van der Waals surface area contributed by atoms with E-state index in [0.29, 0.717) is 5.16 Å². The van der Waals surface area contributed by atoms with Crippen LogP contribution < -0.4 is 5.73 Å². The highest BCUT2D eigenvalue weighted by Gasteiger charge is 2.20. The van der Waals surface area contributed by atoms with E-state index in [4.69, 9.17) is 5.73 Å². The van der Waals surface area contributed by atoms with E-state index in [9.17, 15) is 4.79 Å². The first-order chi connectivity index (χ1) is 9.63. The molecule has 0 saturated heterocycles. The maximum atomic E-state index is 12.4. The molecule has 0 radical (unpaired) electrons. The maximum Gasteiger partial charge on any atom is 0.216 e. The molecule has 1 atom stereocenters. The van der Waals surface area contributed by atoms with Crippen LogP contribution in [-0.2, 0) is 12.8 Å². The lowest BCUT2D eigenvalue weighted by Crippen LogP contribution is -2.14. The van der Waals surface area contributed by atoms with Gasteiger partial charge in [-0.3, -0.25) is 4.79 Å². The fraction of sp³-hybridized carbons (Fsp3) is 0.357. The average molecular weight is 288 g/mol. The van der Waals surface area contributed by atoms with Crippen LogP contribution in [0.2, 0.25) is 0 Å². The zero-order valence-electron chi connectivity index (χ0n) is 11.2. The zero-order chi connectivity index (χ0) is 14.1. The molecule has 0 fully saturated rings. The number of ketones is 1. The lowest BCUT2D eigenvalue weighted by Gasteiger charge is -2.09. The number of H-pyrrole nitrogens is 1. The zero-order valence-corrected chi connectivity index (χ0v) is 12.0. The molecule has 0 bridgehead atoms. The second-order valence-electron chi connectivity index (χ2n) is 4.96. The third-order valence-electron chi connectivity index (χ3n) is 3.52. The van der Waals surface area contributed by atoms with Gasteiger partial charge in [0, 0.05) is 5.56 Å². The molecule has 3 rings (SSSR count). The number of carbonyl (C=O) groups excluding carboxylic acids is 1. The minimum absolute atomic E-state index is 0.105. The molecule has 1 aliphatic rings. The van der Waals surface area contributed by atoms with E-state index < -0.39 is 0 Å². The number of aryl methyl sites for hydroxylation is 2. The second kappa shape index (κ2) is 5.28. The lowest BCUT2D eigenvalue weighted by molar-refractivity contribution is 0.0994. The van der Waals surface area contributed by atoms with E-state index in [1.54, 1.807) is 0 Å². The summed E-state index contributed by atoms with van der Waals surface area (Å²) in [5.41, 5.74) is 8.94. The number of aromatic amines is 1.